The Hall–Kier alpha value is -1.80. The highest BCUT2D eigenvalue weighted by Crippen LogP contribution is 2.21. The van der Waals surface area contributed by atoms with Crippen LogP contribution in [0.5, 0.6) is 0 Å². The molecule has 0 rings (SSSR count). The van der Waals surface area contributed by atoms with Gasteiger partial charge in [-0.25, -0.2) is 0 Å². The summed E-state index contributed by atoms with van der Waals surface area (Å²) >= 11 is 0. The molecule has 0 aliphatic carbocycles. The van der Waals surface area contributed by atoms with Gasteiger partial charge in [0.15, 0.2) is 5.78 Å². The molecular formula is C27H46O4. The van der Waals surface area contributed by atoms with Crippen molar-refractivity contribution in [1.29, 1.82) is 0 Å². The first kappa shape index (κ1) is 29.2. The summed E-state index contributed by atoms with van der Waals surface area (Å²) in [6.45, 7) is 12.7. The number of esters is 1. The van der Waals surface area contributed by atoms with E-state index in [1.54, 1.807) is 0 Å². The van der Waals surface area contributed by atoms with Crippen LogP contribution in [0.4, 0.5) is 0 Å². The van der Waals surface area contributed by atoms with Gasteiger partial charge in [-0.15, -0.1) is 0 Å². The van der Waals surface area contributed by atoms with Gasteiger partial charge in [-0.1, -0.05) is 96.9 Å². The lowest BCUT2D eigenvalue weighted by Crippen LogP contribution is -2.16. The molecule has 4 heteroatoms. The van der Waals surface area contributed by atoms with E-state index in [2.05, 4.69) is 32.7 Å². The standard InChI is InChI=1S/C27H46O4/c1-5-9-11-13-15-17-19-30-26(8-4)22-24(21-25(28)7-3)23-27(29)31-20-18-16-14-12-10-6-2/h7,24H,3-6,9-23H2,1-2H3. The maximum atomic E-state index is 12.3. The predicted octanol–water partition coefficient (Wildman–Crippen LogP) is 7.48. The molecule has 0 aliphatic heterocycles. The summed E-state index contributed by atoms with van der Waals surface area (Å²) in [6, 6.07) is 0. The van der Waals surface area contributed by atoms with Crippen LogP contribution in [0, 0.1) is 5.92 Å². The molecule has 1 atom stereocenters. The normalized spacial score (nSPS) is 11.4. The van der Waals surface area contributed by atoms with Crippen LogP contribution in [0.1, 0.15) is 110 Å². The molecule has 0 aromatic rings. The van der Waals surface area contributed by atoms with Crippen LogP contribution in [0.3, 0.4) is 0 Å². The molecular weight excluding hydrogens is 388 g/mol. The summed E-state index contributed by atoms with van der Waals surface area (Å²) in [4.78, 5) is 24.2. The van der Waals surface area contributed by atoms with Gasteiger partial charge >= 0.3 is 5.97 Å². The molecule has 31 heavy (non-hydrogen) atoms. The lowest BCUT2D eigenvalue weighted by atomic mass is 9.94. The highest BCUT2D eigenvalue weighted by molar-refractivity contribution is 5.89. The van der Waals surface area contributed by atoms with E-state index in [0.717, 1.165) is 25.7 Å². The molecule has 0 heterocycles. The molecule has 0 saturated carbocycles. The second kappa shape index (κ2) is 21.4. The summed E-state index contributed by atoms with van der Waals surface area (Å²) in [5.74, 6) is 0.110. The van der Waals surface area contributed by atoms with Gasteiger partial charge in [0.25, 0.3) is 0 Å². The summed E-state index contributed by atoms with van der Waals surface area (Å²) in [5, 5.41) is 0. The molecule has 178 valence electrons. The number of hydrogen-bond donors (Lipinski definition) is 0. The Morgan fingerprint density at radius 2 is 1.29 bits per heavy atom. The summed E-state index contributed by atoms with van der Waals surface area (Å²) < 4.78 is 11.2. The van der Waals surface area contributed by atoms with Gasteiger partial charge in [-0.2, -0.15) is 0 Å². The van der Waals surface area contributed by atoms with Crippen molar-refractivity contribution in [2.45, 2.75) is 110 Å². The molecule has 0 aliphatic rings. The number of carbonyl (C=O) groups is 2. The van der Waals surface area contributed by atoms with Crippen molar-refractivity contribution in [3.05, 3.63) is 30.7 Å². The van der Waals surface area contributed by atoms with Crippen LogP contribution in [0.25, 0.3) is 0 Å². The van der Waals surface area contributed by atoms with Crippen LogP contribution in [-0.2, 0) is 19.1 Å². The second-order valence-corrected chi connectivity index (χ2v) is 8.35. The Morgan fingerprint density at radius 3 is 1.81 bits per heavy atom. The average Bonchev–Trinajstić information content (AvgIpc) is 2.76. The fourth-order valence-electron chi connectivity index (χ4n) is 3.47. The largest absolute Gasteiger partial charge is 0.490 e. The number of carbonyl (C=O) groups excluding carboxylic acids is 2. The van der Waals surface area contributed by atoms with Crippen molar-refractivity contribution >= 4 is 11.8 Å². The van der Waals surface area contributed by atoms with Crippen molar-refractivity contribution in [2.24, 2.45) is 5.92 Å². The van der Waals surface area contributed by atoms with E-state index in [9.17, 15) is 9.59 Å². The van der Waals surface area contributed by atoms with Gasteiger partial charge in [0, 0.05) is 19.3 Å². The fraction of sp³-hybridized carbons (Fsp3) is 0.741. The van der Waals surface area contributed by atoms with E-state index in [0.29, 0.717) is 25.4 Å². The van der Waals surface area contributed by atoms with E-state index in [1.165, 1.54) is 57.4 Å². The minimum atomic E-state index is -0.255. The van der Waals surface area contributed by atoms with Crippen molar-refractivity contribution in [3.63, 3.8) is 0 Å². The number of unbranched alkanes of at least 4 members (excludes halogenated alkanes) is 10. The first-order valence-corrected chi connectivity index (χ1v) is 12.4. The number of allylic oxidation sites excluding steroid dienone is 2. The van der Waals surface area contributed by atoms with E-state index < -0.39 is 0 Å². The van der Waals surface area contributed by atoms with Gasteiger partial charge in [0.1, 0.15) is 5.76 Å². The maximum absolute atomic E-state index is 12.3. The van der Waals surface area contributed by atoms with Crippen LogP contribution >= 0.6 is 0 Å². The van der Waals surface area contributed by atoms with Crippen LogP contribution < -0.4 is 0 Å². The number of ketones is 1. The Kier molecular flexibility index (Phi) is 20.2. The van der Waals surface area contributed by atoms with E-state index >= 15 is 0 Å². The first-order chi connectivity index (χ1) is 15.1. The van der Waals surface area contributed by atoms with E-state index in [1.807, 2.05) is 0 Å². The third-order valence-corrected chi connectivity index (χ3v) is 5.38. The predicted molar refractivity (Wildman–Crippen MR) is 129 cm³/mol. The Labute approximate surface area is 191 Å². The van der Waals surface area contributed by atoms with Crippen LogP contribution in [-0.4, -0.2) is 25.0 Å². The topological polar surface area (TPSA) is 52.6 Å². The first-order valence-electron chi connectivity index (χ1n) is 12.4. The summed E-state index contributed by atoms with van der Waals surface area (Å²) in [6.07, 6.45) is 16.3. The molecule has 0 fully saturated rings. The molecule has 0 N–H and O–H groups in total. The van der Waals surface area contributed by atoms with Gasteiger partial charge < -0.3 is 9.47 Å². The lowest BCUT2D eigenvalue weighted by molar-refractivity contribution is -0.145. The number of rotatable bonds is 22. The monoisotopic (exact) mass is 434 g/mol. The van der Waals surface area contributed by atoms with Crippen molar-refractivity contribution in [1.82, 2.24) is 0 Å². The smallest absolute Gasteiger partial charge is 0.306 e. The molecule has 0 aromatic heterocycles. The minimum Gasteiger partial charge on any atom is -0.490 e. The van der Waals surface area contributed by atoms with Gasteiger partial charge in [0.2, 0.25) is 0 Å². The SMILES string of the molecule is C=C=C(CC(CC(=O)C=C)CC(=O)OCCCCCCCC)OCCCCCCCC. The Balaban J connectivity index is 4.33. The third-order valence-electron chi connectivity index (χ3n) is 5.38. The lowest BCUT2D eigenvalue weighted by Gasteiger charge is -2.17. The number of hydrogen-bond acceptors (Lipinski definition) is 4. The average molecular weight is 435 g/mol. The van der Waals surface area contributed by atoms with Crippen LogP contribution in [0.15, 0.2) is 30.7 Å². The van der Waals surface area contributed by atoms with Gasteiger partial charge in [-0.05, 0) is 24.8 Å². The molecule has 0 spiro atoms. The Bertz CT molecular complexity index is 531. The van der Waals surface area contributed by atoms with Crippen LogP contribution in [0.2, 0.25) is 0 Å². The zero-order chi connectivity index (χ0) is 23.2. The zero-order valence-corrected chi connectivity index (χ0v) is 20.2. The summed E-state index contributed by atoms with van der Waals surface area (Å²) in [7, 11) is 0. The van der Waals surface area contributed by atoms with Crippen molar-refractivity contribution in [3.8, 4) is 0 Å². The third kappa shape index (κ3) is 18.7. The number of ether oxygens (including phenoxy) is 2. The Morgan fingerprint density at radius 1 is 0.774 bits per heavy atom. The molecule has 0 aromatic carbocycles. The minimum absolute atomic E-state index is 0.0759. The van der Waals surface area contributed by atoms with Crippen molar-refractivity contribution in [2.75, 3.05) is 13.2 Å². The fourth-order valence-corrected chi connectivity index (χ4v) is 3.47. The molecule has 0 amide bonds. The highest BCUT2D eigenvalue weighted by Gasteiger charge is 2.20. The molecule has 0 bridgehead atoms. The highest BCUT2D eigenvalue weighted by atomic mass is 16.5. The summed E-state index contributed by atoms with van der Waals surface area (Å²) in [5.41, 5.74) is 2.84. The zero-order valence-electron chi connectivity index (χ0n) is 20.2. The molecule has 1 unspecified atom stereocenters. The van der Waals surface area contributed by atoms with E-state index in [-0.39, 0.29) is 30.5 Å². The molecule has 0 saturated heterocycles. The van der Waals surface area contributed by atoms with Gasteiger partial charge in [-0.3, -0.25) is 9.59 Å². The molecule has 4 nitrogen and oxygen atoms in total. The molecule has 0 radical (unpaired) electrons. The van der Waals surface area contributed by atoms with E-state index in [4.69, 9.17) is 9.47 Å². The second-order valence-electron chi connectivity index (χ2n) is 8.35. The quantitative estimate of drug-likeness (QED) is 0.0582. The van der Waals surface area contributed by atoms with Gasteiger partial charge in [0.05, 0.1) is 13.2 Å². The van der Waals surface area contributed by atoms with Crippen molar-refractivity contribution < 1.29 is 19.1 Å². The maximum Gasteiger partial charge on any atom is 0.306 e.